The second-order valence-electron chi connectivity index (χ2n) is 5.47. The zero-order valence-corrected chi connectivity index (χ0v) is 12.2. The summed E-state index contributed by atoms with van der Waals surface area (Å²) in [7, 11) is 0. The minimum absolute atomic E-state index is 0.0544. The van der Waals surface area contributed by atoms with Crippen LogP contribution in [-0.4, -0.2) is 28.5 Å². The first-order chi connectivity index (χ1) is 9.38. The molecule has 1 aromatic rings. The zero-order chi connectivity index (χ0) is 15.1. The maximum atomic E-state index is 12.0. The molecule has 5 nitrogen and oxygen atoms in total. The molecule has 1 heterocycles. The molecule has 0 fully saturated rings. The van der Waals surface area contributed by atoms with Crippen LogP contribution in [0.15, 0.2) is 18.2 Å². The molecule has 0 radical (unpaired) electrons. The van der Waals surface area contributed by atoms with Gasteiger partial charge >= 0.3 is 5.97 Å². The number of carbonyl (C=O) groups excluding carboxylic acids is 1. The van der Waals surface area contributed by atoms with Crippen molar-refractivity contribution in [3.63, 3.8) is 0 Å². The van der Waals surface area contributed by atoms with Crippen molar-refractivity contribution < 1.29 is 14.7 Å². The summed E-state index contributed by atoms with van der Waals surface area (Å²) in [6.07, 6.45) is 0.841. The van der Waals surface area contributed by atoms with Gasteiger partial charge in [0.15, 0.2) is 0 Å². The largest absolute Gasteiger partial charge is 0.481 e. The van der Waals surface area contributed by atoms with Gasteiger partial charge in [-0.05, 0) is 37.3 Å². The van der Waals surface area contributed by atoms with Crippen LogP contribution >= 0.6 is 0 Å². The number of nitrogens with one attached hydrogen (secondary N) is 1. The van der Waals surface area contributed by atoms with E-state index in [1.54, 1.807) is 12.1 Å². The summed E-state index contributed by atoms with van der Waals surface area (Å²) in [4.78, 5) is 26.9. The number of aliphatic carboxylic acids is 1. The van der Waals surface area contributed by atoms with E-state index in [-0.39, 0.29) is 18.2 Å². The third kappa shape index (κ3) is 5.82. The molecule has 1 unspecified atom stereocenters. The van der Waals surface area contributed by atoms with Crippen LogP contribution in [0.4, 0.5) is 0 Å². The summed E-state index contributed by atoms with van der Waals surface area (Å²) in [6.45, 7) is 6.26. The van der Waals surface area contributed by atoms with E-state index in [4.69, 9.17) is 5.11 Å². The molecule has 5 heteroatoms. The molecule has 0 aliphatic rings. The van der Waals surface area contributed by atoms with Crippen molar-refractivity contribution in [1.82, 2.24) is 10.3 Å². The van der Waals surface area contributed by atoms with E-state index in [9.17, 15) is 9.59 Å². The van der Waals surface area contributed by atoms with Crippen LogP contribution in [0.2, 0.25) is 0 Å². The lowest BCUT2D eigenvalue weighted by molar-refractivity contribution is -0.138. The lowest BCUT2D eigenvalue weighted by atomic mass is 9.94. The predicted molar refractivity (Wildman–Crippen MR) is 76.5 cm³/mol. The number of hydrogen-bond donors (Lipinski definition) is 2. The summed E-state index contributed by atoms with van der Waals surface area (Å²) < 4.78 is 0. The number of nitrogens with zero attached hydrogens (tertiary/aromatic N) is 1. The highest BCUT2D eigenvalue weighted by atomic mass is 16.4. The fourth-order valence-electron chi connectivity index (χ4n) is 2.15. The SMILES string of the molecule is Cc1cccc(C(=O)NCC(CC(=O)O)CC(C)C)n1. The molecule has 1 atom stereocenters. The molecule has 0 saturated carbocycles. The lowest BCUT2D eigenvalue weighted by Crippen LogP contribution is -2.31. The lowest BCUT2D eigenvalue weighted by Gasteiger charge is -2.17. The van der Waals surface area contributed by atoms with Gasteiger partial charge in [-0.3, -0.25) is 9.59 Å². The Kier molecular flexibility index (Phi) is 6.15. The van der Waals surface area contributed by atoms with E-state index in [0.717, 1.165) is 12.1 Å². The average molecular weight is 278 g/mol. The van der Waals surface area contributed by atoms with Crippen LogP contribution in [0.3, 0.4) is 0 Å². The second kappa shape index (κ2) is 7.62. The van der Waals surface area contributed by atoms with Gasteiger partial charge < -0.3 is 10.4 Å². The molecule has 0 spiro atoms. The van der Waals surface area contributed by atoms with Crippen LogP contribution < -0.4 is 5.32 Å². The molecule has 20 heavy (non-hydrogen) atoms. The molecular weight excluding hydrogens is 256 g/mol. The van der Waals surface area contributed by atoms with E-state index in [2.05, 4.69) is 10.3 Å². The molecule has 110 valence electrons. The smallest absolute Gasteiger partial charge is 0.303 e. The highest BCUT2D eigenvalue weighted by Gasteiger charge is 2.17. The maximum absolute atomic E-state index is 12.0. The fourth-order valence-corrected chi connectivity index (χ4v) is 2.15. The molecule has 2 N–H and O–H groups in total. The number of carbonyl (C=O) groups is 2. The summed E-state index contributed by atoms with van der Waals surface area (Å²) >= 11 is 0. The minimum Gasteiger partial charge on any atom is -0.481 e. The number of aromatic nitrogens is 1. The molecule has 0 saturated heterocycles. The Morgan fingerprint density at radius 1 is 1.35 bits per heavy atom. The predicted octanol–water partition coefficient (Wildman–Crippen LogP) is 2.26. The summed E-state index contributed by atoms with van der Waals surface area (Å²) in [5.41, 5.74) is 1.14. The van der Waals surface area contributed by atoms with Crippen molar-refractivity contribution in [3.8, 4) is 0 Å². The fraction of sp³-hybridized carbons (Fsp3) is 0.533. The van der Waals surface area contributed by atoms with E-state index < -0.39 is 5.97 Å². The van der Waals surface area contributed by atoms with Crippen LogP contribution in [0.25, 0.3) is 0 Å². The molecule has 0 bridgehead atoms. The standard InChI is InChI=1S/C15H22N2O3/c1-10(2)7-12(8-14(18)19)9-16-15(20)13-6-4-5-11(3)17-13/h4-6,10,12H,7-9H2,1-3H3,(H,16,20)(H,18,19). The Morgan fingerprint density at radius 2 is 2.05 bits per heavy atom. The summed E-state index contributed by atoms with van der Waals surface area (Å²) in [6, 6.07) is 5.25. The van der Waals surface area contributed by atoms with Crippen LogP contribution in [0.1, 0.15) is 42.9 Å². The Balaban J connectivity index is 2.57. The van der Waals surface area contributed by atoms with Crippen molar-refractivity contribution in [1.29, 1.82) is 0 Å². The molecule has 0 aliphatic carbocycles. The highest BCUT2D eigenvalue weighted by Crippen LogP contribution is 2.14. The van der Waals surface area contributed by atoms with Crippen molar-refractivity contribution >= 4 is 11.9 Å². The van der Waals surface area contributed by atoms with Crippen LogP contribution in [0.5, 0.6) is 0 Å². The van der Waals surface area contributed by atoms with Gasteiger partial charge in [0.05, 0.1) is 0 Å². The van der Waals surface area contributed by atoms with Crippen LogP contribution in [0, 0.1) is 18.8 Å². The third-order valence-electron chi connectivity index (χ3n) is 2.94. The Labute approximate surface area is 119 Å². The number of carboxylic acids is 1. The average Bonchev–Trinajstić information content (AvgIpc) is 2.34. The van der Waals surface area contributed by atoms with Gasteiger partial charge in [-0.15, -0.1) is 0 Å². The molecule has 1 amide bonds. The highest BCUT2D eigenvalue weighted by molar-refractivity contribution is 5.92. The van der Waals surface area contributed by atoms with Crippen molar-refractivity contribution in [2.75, 3.05) is 6.54 Å². The summed E-state index contributed by atoms with van der Waals surface area (Å²) in [5, 5.41) is 11.7. The number of rotatable bonds is 7. The first kappa shape index (κ1) is 16.1. The van der Waals surface area contributed by atoms with Gasteiger partial charge in [0, 0.05) is 18.7 Å². The number of pyridine rings is 1. The zero-order valence-electron chi connectivity index (χ0n) is 12.2. The van der Waals surface area contributed by atoms with Crippen molar-refractivity contribution in [2.24, 2.45) is 11.8 Å². The Hall–Kier alpha value is -1.91. The third-order valence-corrected chi connectivity index (χ3v) is 2.94. The van der Waals surface area contributed by atoms with Crippen molar-refractivity contribution in [2.45, 2.75) is 33.6 Å². The Bertz CT molecular complexity index is 472. The number of carboxylic acid groups (broad SMARTS) is 1. The number of aryl methyl sites for hydroxylation is 1. The van der Waals surface area contributed by atoms with E-state index >= 15 is 0 Å². The Morgan fingerprint density at radius 3 is 2.60 bits per heavy atom. The van der Waals surface area contributed by atoms with Crippen molar-refractivity contribution in [3.05, 3.63) is 29.6 Å². The monoisotopic (exact) mass is 278 g/mol. The molecule has 1 aromatic heterocycles. The minimum atomic E-state index is -0.835. The van der Waals surface area contributed by atoms with Gasteiger partial charge in [-0.25, -0.2) is 4.98 Å². The van der Waals surface area contributed by atoms with Gasteiger partial charge in [-0.1, -0.05) is 19.9 Å². The molecular formula is C15H22N2O3. The molecule has 0 aromatic carbocycles. The van der Waals surface area contributed by atoms with Gasteiger partial charge in [0.2, 0.25) is 0 Å². The quantitative estimate of drug-likeness (QED) is 0.801. The summed E-state index contributed by atoms with van der Waals surface area (Å²) in [5.74, 6) is -0.749. The number of hydrogen-bond acceptors (Lipinski definition) is 3. The first-order valence-corrected chi connectivity index (χ1v) is 6.82. The van der Waals surface area contributed by atoms with Gasteiger partial charge in [0.1, 0.15) is 5.69 Å². The van der Waals surface area contributed by atoms with E-state index in [1.807, 2.05) is 26.8 Å². The molecule has 0 aliphatic heterocycles. The topological polar surface area (TPSA) is 79.3 Å². The number of amides is 1. The maximum Gasteiger partial charge on any atom is 0.303 e. The van der Waals surface area contributed by atoms with Gasteiger partial charge in [-0.2, -0.15) is 0 Å². The molecule has 1 rings (SSSR count). The van der Waals surface area contributed by atoms with Gasteiger partial charge in [0.25, 0.3) is 5.91 Å². The second-order valence-corrected chi connectivity index (χ2v) is 5.47. The normalized spacial score (nSPS) is 12.2. The van der Waals surface area contributed by atoms with E-state index in [0.29, 0.717) is 18.2 Å². The van der Waals surface area contributed by atoms with Crippen LogP contribution in [-0.2, 0) is 4.79 Å². The van der Waals surface area contributed by atoms with E-state index in [1.165, 1.54) is 0 Å². The first-order valence-electron chi connectivity index (χ1n) is 6.82.